The zero-order valence-corrected chi connectivity index (χ0v) is 7.77. The third-order valence-corrected chi connectivity index (χ3v) is 2.46. The Bertz CT molecular complexity index is 138. The molecule has 0 aliphatic carbocycles. The smallest absolute Gasteiger partial charge is 0.0771 e. The van der Waals surface area contributed by atoms with E-state index in [1.54, 1.807) is 0 Å². The van der Waals surface area contributed by atoms with E-state index < -0.39 is 0 Å². The van der Waals surface area contributed by atoms with Crippen LogP contribution < -0.4 is 0 Å². The highest BCUT2D eigenvalue weighted by Crippen LogP contribution is 2.20. The van der Waals surface area contributed by atoms with Gasteiger partial charge in [-0.3, -0.25) is 4.99 Å². The number of hydrogen-bond acceptors (Lipinski definition) is 1. The molecule has 0 radical (unpaired) electrons. The molecule has 1 heterocycles. The van der Waals surface area contributed by atoms with Gasteiger partial charge in [-0.25, -0.2) is 0 Å². The molecule has 0 aromatic carbocycles. The topological polar surface area (TPSA) is 12.4 Å². The number of hydrogen-bond donors (Lipinski definition) is 0. The van der Waals surface area contributed by atoms with E-state index in [-0.39, 0.29) is 0 Å². The van der Waals surface area contributed by atoms with Gasteiger partial charge in [0.1, 0.15) is 0 Å². The lowest BCUT2D eigenvalue weighted by atomic mass is 9.96. The van der Waals surface area contributed by atoms with Gasteiger partial charge in [0, 0.05) is 5.71 Å². The fourth-order valence-corrected chi connectivity index (χ4v) is 1.55. The third-order valence-electron chi connectivity index (χ3n) is 2.46. The van der Waals surface area contributed by atoms with Crippen molar-refractivity contribution in [1.29, 1.82) is 0 Å². The van der Waals surface area contributed by atoms with Crippen LogP contribution in [0.5, 0.6) is 0 Å². The summed E-state index contributed by atoms with van der Waals surface area (Å²) < 4.78 is 0. The van der Waals surface area contributed by atoms with E-state index in [2.05, 4.69) is 18.8 Å². The Morgan fingerprint density at radius 2 is 2.09 bits per heavy atom. The van der Waals surface area contributed by atoms with Crippen molar-refractivity contribution in [3.05, 3.63) is 0 Å². The number of nitrogens with zero attached hydrogens (tertiary/aromatic N) is 1. The Labute approximate surface area is 69.9 Å². The van der Waals surface area contributed by atoms with E-state index in [0.29, 0.717) is 0 Å². The lowest BCUT2D eigenvalue weighted by Crippen LogP contribution is -2.05. The minimum Gasteiger partial charge on any atom is -0.286 e. The summed E-state index contributed by atoms with van der Waals surface area (Å²) in [5.74, 6) is 0.835. The quantitative estimate of drug-likeness (QED) is 0.520. The molecule has 0 fully saturated rings. The molecule has 0 bridgehead atoms. The molecule has 1 atom stereocenters. The Hall–Kier alpha value is -0.330. The highest BCUT2D eigenvalue weighted by atomic mass is 14.9. The van der Waals surface area contributed by atoms with Crippen LogP contribution in [0.25, 0.3) is 0 Å². The summed E-state index contributed by atoms with van der Waals surface area (Å²) in [4.78, 5) is 4.27. The lowest BCUT2D eigenvalue weighted by molar-refractivity contribution is 0.556. The summed E-state index contributed by atoms with van der Waals surface area (Å²) >= 11 is 0. The summed E-state index contributed by atoms with van der Waals surface area (Å²) in [6, 6.07) is 0. The molecule has 0 saturated carbocycles. The molecule has 1 nitrogen and oxygen atoms in total. The number of rotatable bonds is 6. The zero-order valence-electron chi connectivity index (χ0n) is 7.77. The average Bonchev–Trinajstić information content (AvgIpc) is 2.81. The van der Waals surface area contributed by atoms with Crippen LogP contribution in [0.2, 0.25) is 0 Å². The van der Waals surface area contributed by atoms with Gasteiger partial charge in [-0.05, 0) is 18.8 Å². The SMILES string of the molecule is CCCCCC(CC)C1=NC1. The molecular formula is C10H19N. The van der Waals surface area contributed by atoms with Crippen LogP contribution in [0.4, 0.5) is 0 Å². The first-order valence-corrected chi connectivity index (χ1v) is 4.91. The van der Waals surface area contributed by atoms with Crippen molar-refractivity contribution in [2.24, 2.45) is 10.9 Å². The molecule has 11 heavy (non-hydrogen) atoms. The average molecular weight is 153 g/mol. The minimum absolute atomic E-state index is 0.835. The molecule has 64 valence electrons. The first-order valence-electron chi connectivity index (χ1n) is 4.91. The van der Waals surface area contributed by atoms with Crippen molar-refractivity contribution in [1.82, 2.24) is 0 Å². The van der Waals surface area contributed by atoms with Crippen LogP contribution in [0, 0.1) is 5.92 Å². The highest BCUT2D eigenvalue weighted by Gasteiger charge is 2.19. The molecule has 0 amide bonds. The van der Waals surface area contributed by atoms with Crippen molar-refractivity contribution in [3.8, 4) is 0 Å². The van der Waals surface area contributed by atoms with Gasteiger partial charge in [-0.1, -0.05) is 33.1 Å². The summed E-state index contributed by atoms with van der Waals surface area (Å²) in [5, 5.41) is 0. The maximum Gasteiger partial charge on any atom is 0.0771 e. The van der Waals surface area contributed by atoms with E-state index in [4.69, 9.17) is 0 Å². The van der Waals surface area contributed by atoms with Crippen LogP contribution >= 0.6 is 0 Å². The van der Waals surface area contributed by atoms with E-state index >= 15 is 0 Å². The van der Waals surface area contributed by atoms with E-state index in [1.807, 2.05) is 0 Å². The fourth-order valence-electron chi connectivity index (χ4n) is 1.55. The molecule has 1 rings (SSSR count). The Kier molecular flexibility index (Phi) is 3.61. The monoisotopic (exact) mass is 153 g/mol. The first kappa shape index (κ1) is 8.76. The molecule has 1 aliphatic rings. The molecular weight excluding hydrogens is 134 g/mol. The second-order valence-corrected chi connectivity index (χ2v) is 3.41. The van der Waals surface area contributed by atoms with Gasteiger partial charge in [-0.15, -0.1) is 0 Å². The predicted molar refractivity (Wildman–Crippen MR) is 50.2 cm³/mol. The van der Waals surface area contributed by atoms with Crippen LogP contribution in [0.3, 0.4) is 0 Å². The van der Waals surface area contributed by atoms with Crippen LogP contribution in [0.1, 0.15) is 46.0 Å². The van der Waals surface area contributed by atoms with Crippen molar-refractivity contribution in [2.45, 2.75) is 46.0 Å². The van der Waals surface area contributed by atoms with Crippen LogP contribution in [-0.2, 0) is 0 Å². The van der Waals surface area contributed by atoms with Crippen LogP contribution in [0.15, 0.2) is 4.99 Å². The van der Waals surface area contributed by atoms with Gasteiger partial charge < -0.3 is 0 Å². The van der Waals surface area contributed by atoms with Crippen LogP contribution in [-0.4, -0.2) is 12.3 Å². The summed E-state index contributed by atoms with van der Waals surface area (Å²) in [6.07, 6.45) is 6.80. The molecule has 1 heteroatoms. The van der Waals surface area contributed by atoms with E-state index in [0.717, 1.165) is 12.5 Å². The Morgan fingerprint density at radius 3 is 2.55 bits per heavy atom. The Balaban J connectivity index is 2.06. The minimum atomic E-state index is 0.835. The fraction of sp³-hybridized carbons (Fsp3) is 0.900. The van der Waals surface area contributed by atoms with Crippen molar-refractivity contribution < 1.29 is 0 Å². The van der Waals surface area contributed by atoms with Gasteiger partial charge in [0.2, 0.25) is 0 Å². The maximum atomic E-state index is 4.27. The largest absolute Gasteiger partial charge is 0.286 e. The standard InChI is InChI=1S/C10H19N/c1-3-5-6-7-9(4-2)10-8-11-10/h9H,3-8H2,1-2H3. The van der Waals surface area contributed by atoms with Crippen molar-refractivity contribution in [2.75, 3.05) is 6.54 Å². The van der Waals surface area contributed by atoms with Crippen molar-refractivity contribution >= 4 is 5.71 Å². The first-order chi connectivity index (χ1) is 5.38. The highest BCUT2D eigenvalue weighted by molar-refractivity contribution is 5.98. The number of unbranched alkanes of at least 4 members (excludes halogenated alkanes) is 2. The van der Waals surface area contributed by atoms with E-state index in [1.165, 1.54) is 37.8 Å². The summed E-state index contributed by atoms with van der Waals surface area (Å²) in [6.45, 7) is 5.61. The van der Waals surface area contributed by atoms with Gasteiger partial charge in [0.05, 0.1) is 6.54 Å². The molecule has 1 aliphatic heterocycles. The van der Waals surface area contributed by atoms with Gasteiger partial charge in [0.25, 0.3) is 0 Å². The Morgan fingerprint density at radius 1 is 1.36 bits per heavy atom. The summed E-state index contributed by atoms with van der Waals surface area (Å²) in [5.41, 5.74) is 1.49. The summed E-state index contributed by atoms with van der Waals surface area (Å²) in [7, 11) is 0. The maximum absolute atomic E-state index is 4.27. The normalized spacial score (nSPS) is 17.8. The molecule has 0 aromatic rings. The second kappa shape index (κ2) is 4.53. The molecule has 0 spiro atoms. The molecule has 1 unspecified atom stereocenters. The predicted octanol–water partition coefficient (Wildman–Crippen LogP) is 3.05. The van der Waals surface area contributed by atoms with Gasteiger partial charge in [0.15, 0.2) is 0 Å². The molecule has 0 N–H and O–H groups in total. The number of aliphatic imine (C=N–C) groups is 1. The molecule has 0 saturated heterocycles. The van der Waals surface area contributed by atoms with Crippen molar-refractivity contribution in [3.63, 3.8) is 0 Å². The third kappa shape index (κ3) is 3.04. The zero-order chi connectivity index (χ0) is 8.10. The van der Waals surface area contributed by atoms with E-state index in [9.17, 15) is 0 Å². The van der Waals surface area contributed by atoms with Gasteiger partial charge in [-0.2, -0.15) is 0 Å². The molecule has 0 aromatic heterocycles. The lowest BCUT2D eigenvalue weighted by Gasteiger charge is -2.07. The second-order valence-electron chi connectivity index (χ2n) is 3.41. The van der Waals surface area contributed by atoms with Gasteiger partial charge >= 0.3 is 0 Å².